The maximum atomic E-state index is 10.9. The third-order valence-electron chi connectivity index (χ3n) is 1.86. The number of benzene rings is 1. The molecule has 5 heteroatoms. The average Bonchev–Trinajstić information content (AvgIpc) is 2.44. The lowest BCUT2D eigenvalue weighted by atomic mass is 10.2. The van der Waals surface area contributed by atoms with Crippen molar-refractivity contribution >= 4 is 11.0 Å². The molecule has 68 valence electrons. The minimum atomic E-state index is -0.218. The molecule has 1 aromatic carbocycles. The van der Waals surface area contributed by atoms with Gasteiger partial charge in [0.05, 0.1) is 11.0 Å². The minimum absolute atomic E-state index is 0.218. The van der Waals surface area contributed by atoms with Crippen LogP contribution in [-0.4, -0.2) is 15.2 Å². The fourth-order valence-corrected chi connectivity index (χ4v) is 1.28. The van der Waals surface area contributed by atoms with Crippen molar-refractivity contribution in [2.75, 3.05) is 0 Å². The third kappa shape index (κ3) is 1.47. The van der Waals surface area contributed by atoms with Gasteiger partial charge in [0.2, 0.25) is 0 Å². The summed E-state index contributed by atoms with van der Waals surface area (Å²) in [5, 5.41) is 8.47. The van der Waals surface area contributed by atoms with Crippen LogP contribution in [0.3, 0.4) is 0 Å². The molecule has 0 saturated carbocycles. The Balaban J connectivity index is 2.54. The quantitative estimate of drug-likeness (QED) is 0.502. The van der Waals surface area contributed by atoms with Crippen molar-refractivity contribution < 1.29 is 5.21 Å². The second-order valence-electron chi connectivity index (χ2n) is 2.79. The lowest BCUT2D eigenvalue weighted by Gasteiger charge is -1.97. The van der Waals surface area contributed by atoms with Crippen LogP contribution in [0.25, 0.3) is 11.0 Å². The number of aromatic amines is 2. The maximum Gasteiger partial charge on any atom is 0.323 e. The lowest BCUT2D eigenvalue weighted by molar-refractivity contribution is 0.161. The highest BCUT2D eigenvalue weighted by molar-refractivity contribution is 5.74. The average molecular weight is 179 g/mol. The Bertz CT molecular complexity index is 471. The van der Waals surface area contributed by atoms with E-state index in [1.165, 1.54) is 0 Å². The molecule has 2 rings (SSSR count). The molecule has 13 heavy (non-hydrogen) atoms. The highest BCUT2D eigenvalue weighted by Gasteiger charge is 1.98. The number of nitrogens with one attached hydrogen (secondary N) is 3. The van der Waals surface area contributed by atoms with Crippen LogP contribution in [0.4, 0.5) is 0 Å². The normalized spacial score (nSPS) is 10.8. The predicted octanol–water partition coefficient (Wildman–Crippen LogP) is 0.335. The Morgan fingerprint density at radius 2 is 2.08 bits per heavy atom. The summed E-state index contributed by atoms with van der Waals surface area (Å²) in [6.45, 7) is 0.364. The Kier molecular flexibility index (Phi) is 1.88. The van der Waals surface area contributed by atoms with Crippen LogP contribution in [0.2, 0.25) is 0 Å². The van der Waals surface area contributed by atoms with Gasteiger partial charge in [0.1, 0.15) is 0 Å². The van der Waals surface area contributed by atoms with E-state index in [1.807, 2.05) is 6.07 Å². The van der Waals surface area contributed by atoms with Crippen LogP contribution >= 0.6 is 0 Å². The van der Waals surface area contributed by atoms with Crippen molar-refractivity contribution in [2.24, 2.45) is 0 Å². The van der Waals surface area contributed by atoms with Crippen molar-refractivity contribution in [3.8, 4) is 0 Å². The van der Waals surface area contributed by atoms with Crippen LogP contribution in [0.15, 0.2) is 23.0 Å². The number of hydrogen-bond donors (Lipinski definition) is 4. The number of rotatable bonds is 2. The number of hydroxylamine groups is 1. The summed E-state index contributed by atoms with van der Waals surface area (Å²) in [6, 6.07) is 5.42. The SMILES string of the molecule is O=c1[nH]c2ccc(CNO)cc2[nH]1. The highest BCUT2D eigenvalue weighted by Crippen LogP contribution is 2.09. The van der Waals surface area contributed by atoms with Gasteiger partial charge in [-0.2, -0.15) is 0 Å². The molecule has 0 radical (unpaired) electrons. The summed E-state index contributed by atoms with van der Waals surface area (Å²) < 4.78 is 0. The molecule has 0 aliphatic carbocycles. The standard InChI is InChI=1S/C8H9N3O2/c12-8-10-6-2-1-5(4-9-13)3-7(6)11-8/h1-3,9,13H,4H2,(H2,10,11,12). The fraction of sp³-hybridized carbons (Fsp3) is 0.125. The first-order valence-electron chi connectivity index (χ1n) is 3.87. The van der Waals surface area contributed by atoms with E-state index < -0.39 is 0 Å². The molecular weight excluding hydrogens is 170 g/mol. The van der Waals surface area contributed by atoms with Crippen LogP contribution in [-0.2, 0) is 6.54 Å². The molecule has 0 bridgehead atoms. The van der Waals surface area contributed by atoms with E-state index in [4.69, 9.17) is 5.21 Å². The molecule has 4 N–H and O–H groups in total. The first kappa shape index (κ1) is 8.03. The molecule has 0 saturated heterocycles. The summed E-state index contributed by atoms with van der Waals surface area (Å²) in [4.78, 5) is 16.2. The molecule has 0 unspecified atom stereocenters. The van der Waals surface area contributed by atoms with E-state index in [0.717, 1.165) is 16.6 Å². The summed E-state index contributed by atoms with van der Waals surface area (Å²) in [5.74, 6) is 0. The van der Waals surface area contributed by atoms with Gasteiger partial charge in [-0.3, -0.25) is 0 Å². The first-order chi connectivity index (χ1) is 6.29. The van der Waals surface area contributed by atoms with E-state index in [1.54, 1.807) is 12.1 Å². The Morgan fingerprint density at radius 3 is 2.85 bits per heavy atom. The van der Waals surface area contributed by atoms with Crippen LogP contribution in [0.5, 0.6) is 0 Å². The molecule has 0 fully saturated rings. The lowest BCUT2D eigenvalue weighted by Crippen LogP contribution is -2.05. The molecule has 0 aliphatic heterocycles. The zero-order valence-electron chi connectivity index (χ0n) is 6.79. The smallest absolute Gasteiger partial charge is 0.316 e. The second-order valence-corrected chi connectivity index (χ2v) is 2.79. The van der Waals surface area contributed by atoms with Gasteiger partial charge in [0, 0.05) is 6.54 Å². The van der Waals surface area contributed by atoms with Gasteiger partial charge < -0.3 is 15.2 Å². The van der Waals surface area contributed by atoms with Crippen molar-refractivity contribution in [1.82, 2.24) is 15.4 Å². The van der Waals surface area contributed by atoms with Crippen LogP contribution in [0.1, 0.15) is 5.56 Å². The van der Waals surface area contributed by atoms with Gasteiger partial charge in [0.15, 0.2) is 0 Å². The second kappa shape index (κ2) is 3.04. The minimum Gasteiger partial charge on any atom is -0.316 e. The first-order valence-corrected chi connectivity index (χ1v) is 3.87. The number of hydrogen-bond acceptors (Lipinski definition) is 3. The van der Waals surface area contributed by atoms with E-state index in [2.05, 4.69) is 15.4 Å². The molecule has 0 spiro atoms. The Morgan fingerprint density at radius 1 is 1.31 bits per heavy atom. The van der Waals surface area contributed by atoms with E-state index >= 15 is 0 Å². The molecule has 0 aliphatic rings. The van der Waals surface area contributed by atoms with Gasteiger partial charge in [0.25, 0.3) is 0 Å². The largest absolute Gasteiger partial charge is 0.323 e. The van der Waals surface area contributed by atoms with E-state index in [-0.39, 0.29) is 5.69 Å². The van der Waals surface area contributed by atoms with Gasteiger partial charge >= 0.3 is 5.69 Å². The summed E-state index contributed by atoms with van der Waals surface area (Å²) in [7, 11) is 0. The zero-order valence-corrected chi connectivity index (χ0v) is 6.79. The summed E-state index contributed by atoms with van der Waals surface area (Å²) in [5.41, 5.74) is 4.26. The molecule has 2 aromatic rings. The van der Waals surface area contributed by atoms with E-state index in [9.17, 15) is 4.79 Å². The number of fused-ring (bicyclic) bond motifs is 1. The van der Waals surface area contributed by atoms with Crippen molar-refractivity contribution in [1.29, 1.82) is 0 Å². The zero-order chi connectivity index (χ0) is 9.26. The van der Waals surface area contributed by atoms with Crippen molar-refractivity contribution in [3.05, 3.63) is 34.2 Å². The molecule has 1 aromatic heterocycles. The highest BCUT2D eigenvalue weighted by atomic mass is 16.5. The van der Waals surface area contributed by atoms with Crippen molar-refractivity contribution in [2.45, 2.75) is 6.54 Å². The van der Waals surface area contributed by atoms with Crippen LogP contribution in [0, 0.1) is 0 Å². The fourth-order valence-electron chi connectivity index (χ4n) is 1.28. The third-order valence-corrected chi connectivity index (χ3v) is 1.86. The summed E-state index contributed by atoms with van der Waals surface area (Å²) >= 11 is 0. The number of imidazole rings is 1. The number of aromatic nitrogens is 2. The van der Waals surface area contributed by atoms with Gasteiger partial charge in [-0.05, 0) is 17.7 Å². The Hall–Kier alpha value is -1.59. The maximum absolute atomic E-state index is 10.9. The topological polar surface area (TPSA) is 80.9 Å². The van der Waals surface area contributed by atoms with Crippen LogP contribution < -0.4 is 11.2 Å². The van der Waals surface area contributed by atoms with Gasteiger partial charge in [-0.1, -0.05) is 6.07 Å². The summed E-state index contributed by atoms with van der Waals surface area (Å²) in [6.07, 6.45) is 0. The van der Waals surface area contributed by atoms with E-state index in [0.29, 0.717) is 6.54 Å². The van der Waals surface area contributed by atoms with Gasteiger partial charge in [-0.15, -0.1) is 0 Å². The predicted molar refractivity (Wildman–Crippen MR) is 47.5 cm³/mol. The molecular formula is C8H9N3O2. The molecule has 0 amide bonds. The molecule has 1 heterocycles. The van der Waals surface area contributed by atoms with Gasteiger partial charge in [-0.25, -0.2) is 10.3 Å². The monoisotopic (exact) mass is 179 g/mol. The Labute approximate surface area is 73.4 Å². The molecule has 0 atom stereocenters. The number of H-pyrrole nitrogens is 2. The molecule has 5 nitrogen and oxygen atoms in total. The van der Waals surface area contributed by atoms with Crippen molar-refractivity contribution in [3.63, 3.8) is 0 Å².